The SMILES string of the molecule is Cc1cc2oc(=O)c(C(=O)/C=C/c3ccc(N(C)C)cc3)c(O)c2cc1C. The van der Waals surface area contributed by atoms with Crippen LogP contribution in [-0.2, 0) is 0 Å². The molecule has 1 N–H and O–H groups in total. The van der Waals surface area contributed by atoms with Crippen molar-refractivity contribution in [2.75, 3.05) is 19.0 Å². The lowest BCUT2D eigenvalue weighted by atomic mass is 10.0. The topological polar surface area (TPSA) is 70.8 Å². The molecule has 1 heterocycles. The zero-order valence-electron chi connectivity index (χ0n) is 15.7. The summed E-state index contributed by atoms with van der Waals surface area (Å²) in [6, 6.07) is 11.0. The second-order valence-electron chi connectivity index (χ2n) is 6.73. The Morgan fingerprint density at radius 1 is 1.07 bits per heavy atom. The predicted molar refractivity (Wildman–Crippen MR) is 108 cm³/mol. The van der Waals surface area contributed by atoms with Gasteiger partial charge in [0.2, 0.25) is 0 Å². The van der Waals surface area contributed by atoms with Crippen LogP contribution in [0.15, 0.2) is 51.7 Å². The lowest BCUT2D eigenvalue weighted by Gasteiger charge is -2.11. The normalized spacial score (nSPS) is 11.3. The fourth-order valence-corrected chi connectivity index (χ4v) is 2.80. The van der Waals surface area contributed by atoms with Gasteiger partial charge in [0.1, 0.15) is 16.9 Å². The number of fused-ring (bicyclic) bond motifs is 1. The Kier molecular flexibility index (Phi) is 4.86. The van der Waals surface area contributed by atoms with Crippen molar-refractivity contribution in [2.45, 2.75) is 13.8 Å². The van der Waals surface area contributed by atoms with E-state index in [9.17, 15) is 14.7 Å². The minimum Gasteiger partial charge on any atom is -0.506 e. The summed E-state index contributed by atoms with van der Waals surface area (Å²) in [7, 11) is 3.89. The van der Waals surface area contributed by atoms with Gasteiger partial charge in [0.15, 0.2) is 5.78 Å². The molecule has 0 fully saturated rings. The van der Waals surface area contributed by atoms with Crippen LogP contribution in [0.1, 0.15) is 27.0 Å². The van der Waals surface area contributed by atoms with Crippen molar-refractivity contribution in [2.24, 2.45) is 0 Å². The molecule has 0 bridgehead atoms. The number of ketones is 1. The van der Waals surface area contributed by atoms with E-state index in [1.54, 1.807) is 18.2 Å². The van der Waals surface area contributed by atoms with Gasteiger partial charge in [-0.1, -0.05) is 18.2 Å². The van der Waals surface area contributed by atoms with E-state index in [-0.39, 0.29) is 16.9 Å². The zero-order chi connectivity index (χ0) is 19.7. The summed E-state index contributed by atoms with van der Waals surface area (Å²) in [6.07, 6.45) is 2.87. The van der Waals surface area contributed by atoms with Crippen molar-refractivity contribution >= 4 is 28.5 Å². The Hall–Kier alpha value is -3.34. The molecule has 3 aromatic rings. The summed E-state index contributed by atoms with van der Waals surface area (Å²) >= 11 is 0. The average molecular weight is 363 g/mol. The van der Waals surface area contributed by atoms with Gasteiger partial charge in [-0.3, -0.25) is 4.79 Å². The first kappa shape index (κ1) is 18.5. The van der Waals surface area contributed by atoms with Gasteiger partial charge < -0.3 is 14.4 Å². The third-order valence-electron chi connectivity index (χ3n) is 4.58. The highest BCUT2D eigenvalue weighted by atomic mass is 16.4. The molecule has 1 aromatic heterocycles. The number of nitrogens with zero attached hydrogens (tertiary/aromatic N) is 1. The highest BCUT2D eigenvalue weighted by molar-refractivity contribution is 6.10. The van der Waals surface area contributed by atoms with Crippen LogP contribution in [0.25, 0.3) is 17.0 Å². The molecule has 0 aliphatic rings. The van der Waals surface area contributed by atoms with Crippen LogP contribution < -0.4 is 10.5 Å². The van der Waals surface area contributed by atoms with Crippen molar-refractivity contribution in [3.05, 3.63) is 75.1 Å². The summed E-state index contributed by atoms with van der Waals surface area (Å²) < 4.78 is 5.25. The lowest BCUT2D eigenvalue weighted by Crippen LogP contribution is -2.13. The zero-order valence-corrected chi connectivity index (χ0v) is 15.7. The molecular formula is C22H21NO4. The molecule has 3 rings (SSSR count). The number of carbonyl (C=O) groups excluding carboxylic acids is 1. The molecule has 0 saturated carbocycles. The highest BCUT2D eigenvalue weighted by Crippen LogP contribution is 2.29. The van der Waals surface area contributed by atoms with Crippen LogP contribution in [0.4, 0.5) is 5.69 Å². The van der Waals surface area contributed by atoms with Crippen LogP contribution in [0.2, 0.25) is 0 Å². The van der Waals surface area contributed by atoms with E-state index in [1.165, 1.54) is 6.08 Å². The van der Waals surface area contributed by atoms with E-state index >= 15 is 0 Å². The monoisotopic (exact) mass is 363 g/mol. The smallest absolute Gasteiger partial charge is 0.351 e. The van der Waals surface area contributed by atoms with Gasteiger partial charge >= 0.3 is 5.63 Å². The maximum atomic E-state index is 12.5. The Labute approximate surface area is 157 Å². The molecule has 5 heteroatoms. The van der Waals surface area contributed by atoms with Crippen LogP contribution in [0.3, 0.4) is 0 Å². The summed E-state index contributed by atoms with van der Waals surface area (Å²) in [5.74, 6) is -0.944. The number of hydrogen-bond donors (Lipinski definition) is 1. The van der Waals surface area contributed by atoms with Gasteiger partial charge in [-0.2, -0.15) is 0 Å². The number of hydrogen-bond acceptors (Lipinski definition) is 5. The summed E-state index contributed by atoms with van der Waals surface area (Å²) in [6.45, 7) is 3.77. The number of carbonyl (C=O) groups is 1. The average Bonchev–Trinajstić information content (AvgIpc) is 2.62. The largest absolute Gasteiger partial charge is 0.506 e. The van der Waals surface area contributed by atoms with Crippen LogP contribution in [0, 0.1) is 13.8 Å². The summed E-state index contributed by atoms with van der Waals surface area (Å²) in [4.78, 5) is 26.7. The predicted octanol–water partition coefficient (Wildman–Crippen LogP) is 4.08. The molecule has 0 unspecified atom stereocenters. The second kappa shape index (κ2) is 7.11. The number of benzene rings is 2. The van der Waals surface area contributed by atoms with Crippen molar-refractivity contribution in [1.82, 2.24) is 0 Å². The Morgan fingerprint density at radius 3 is 2.33 bits per heavy atom. The Morgan fingerprint density at radius 2 is 1.70 bits per heavy atom. The first-order valence-corrected chi connectivity index (χ1v) is 8.54. The number of anilines is 1. The Bertz CT molecular complexity index is 1110. The summed E-state index contributed by atoms with van der Waals surface area (Å²) in [5.41, 5.74) is 2.78. The Balaban J connectivity index is 1.98. The van der Waals surface area contributed by atoms with E-state index in [2.05, 4.69) is 0 Å². The van der Waals surface area contributed by atoms with Crippen molar-refractivity contribution in [1.29, 1.82) is 0 Å². The van der Waals surface area contributed by atoms with E-state index < -0.39 is 11.4 Å². The van der Waals surface area contributed by atoms with Gasteiger partial charge in [-0.15, -0.1) is 0 Å². The standard InChI is InChI=1S/C22H21NO4/c1-13-11-17-19(12-14(13)2)27-22(26)20(21(17)25)18(24)10-7-15-5-8-16(9-6-15)23(3)4/h5-12,25H,1-4H3/b10-7+. The van der Waals surface area contributed by atoms with Crippen LogP contribution >= 0.6 is 0 Å². The minimum absolute atomic E-state index is 0.264. The molecule has 5 nitrogen and oxygen atoms in total. The molecule has 0 spiro atoms. The quantitative estimate of drug-likeness (QED) is 0.430. The molecular weight excluding hydrogens is 342 g/mol. The third-order valence-corrected chi connectivity index (χ3v) is 4.58. The summed E-state index contributed by atoms with van der Waals surface area (Å²) in [5, 5.41) is 10.8. The number of rotatable bonds is 4. The molecule has 0 amide bonds. The molecule has 0 saturated heterocycles. The van der Waals surface area contributed by atoms with Crippen molar-refractivity contribution < 1.29 is 14.3 Å². The molecule has 2 aromatic carbocycles. The first-order chi connectivity index (χ1) is 12.8. The van der Waals surface area contributed by atoms with Gasteiger partial charge in [-0.25, -0.2) is 4.79 Å². The van der Waals surface area contributed by atoms with E-state index in [1.807, 2.05) is 57.1 Å². The van der Waals surface area contributed by atoms with Gasteiger partial charge in [-0.05, 0) is 60.9 Å². The second-order valence-corrected chi connectivity index (χ2v) is 6.73. The van der Waals surface area contributed by atoms with Gasteiger partial charge in [0.05, 0.1) is 5.39 Å². The molecule has 27 heavy (non-hydrogen) atoms. The van der Waals surface area contributed by atoms with Crippen LogP contribution in [-0.4, -0.2) is 25.0 Å². The van der Waals surface area contributed by atoms with E-state index in [0.717, 1.165) is 22.4 Å². The highest BCUT2D eigenvalue weighted by Gasteiger charge is 2.19. The number of aromatic hydroxyl groups is 1. The van der Waals surface area contributed by atoms with Gasteiger partial charge in [0.25, 0.3) is 0 Å². The first-order valence-electron chi connectivity index (χ1n) is 8.54. The molecule has 0 atom stereocenters. The number of allylic oxidation sites excluding steroid dienone is 1. The third kappa shape index (κ3) is 3.62. The lowest BCUT2D eigenvalue weighted by molar-refractivity contribution is 0.104. The maximum absolute atomic E-state index is 12.5. The number of aryl methyl sites for hydroxylation is 2. The molecule has 138 valence electrons. The molecule has 0 radical (unpaired) electrons. The minimum atomic E-state index is -0.846. The van der Waals surface area contributed by atoms with E-state index in [0.29, 0.717) is 5.39 Å². The van der Waals surface area contributed by atoms with Crippen molar-refractivity contribution in [3.8, 4) is 5.75 Å². The van der Waals surface area contributed by atoms with Gasteiger partial charge in [0, 0.05) is 19.8 Å². The molecule has 0 aliphatic heterocycles. The van der Waals surface area contributed by atoms with E-state index in [4.69, 9.17) is 4.42 Å². The fraction of sp³-hybridized carbons (Fsp3) is 0.182. The fourth-order valence-electron chi connectivity index (χ4n) is 2.80. The maximum Gasteiger partial charge on any atom is 0.351 e. The van der Waals surface area contributed by atoms with Crippen molar-refractivity contribution in [3.63, 3.8) is 0 Å². The van der Waals surface area contributed by atoms with Crippen LogP contribution in [0.5, 0.6) is 5.75 Å². The molecule has 0 aliphatic carbocycles.